The Morgan fingerprint density at radius 2 is 2.08 bits per heavy atom. The summed E-state index contributed by atoms with van der Waals surface area (Å²) in [4.78, 5) is 9.85. The zero-order valence-corrected chi connectivity index (χ0v) is 9.29. The van der Waals surface area contributed by atoms with Crippen molar-refractivity contribution in [1.82, 2.24) is 0 Å². The molecule has 0 aliphatic heterocycles. The zero-order valence-electron chi connectivity index (χ0n) is 6.12. The molecule has 0 saturated heterocycles. The first-order chi connectivity index (χ1) is 6.06. The summed E-state index contributed by atoms with van der Waals surface area (Å²) in [6.45, 7) is 0. The van der Waals surface area contributed by atoms with Crippen LogP contribution < -0.4 is 0 Å². The number of hydrogen-bond donors (Lipinski definition) is 0. The third-order valence-electron chi connectivity index (χ3n) is 1.34. The average molecular weight is 306 g/mol. The minimum absolute atomic E-state index is 0.105. The lowest BCUT2D eigenvalue weighted by Gasteiger charge is -1.98. The van der Waals surface area contributed by atoms with E-state index in [-0.39, 0.29) is 11.3 Å². The van der Waals surface area contributed by atoms with Crippen molar-refractivity contribution in [3.05, 3.63) is 36.8 Å². The van der Waals surface area contributed by atoms with Crippen LogP contribution in [0.3, 0.4) is 0 Å². The van der Waals surface area contributed by atoms with Gasteiger partial charge in [0, 0.05) is 21.1 Å². The van der Waals surface area contributed by atoms with Gasteiger partial charge in [-0.3, -0.25) is 10.1 Å². The molecule has 0 radical (unpaired) electrons. The molecule has 0 amide bonds. The maximum atomic E-state index is 10.4. The van der Waals surface area contributed by atoms with Crippen LogP contribution in [0.1, 0.15) is 5.56 Å². The van der Waals surface area contributed by atoms with E-state index in [2.05, 4.69) is 31.9 Å². The number of nitrogens with zero attached hydrogens (tertiary/aromatic N) is 2. The van der Waals surface area contributed by atoms with E-state index < -0.39 is 4.92 Å². The van der Waals surface area contributed by atoms with Gasteiger partial charge >= 0.3 is 0 Å². The molecular weight excluding hydrogens is 304 g/mol. The lowest BCUT2D eigenvalue weighted by molar-refractivity contribution is -0.385. The Hall–Kier alpha value is -0.930. The van der Waals surface area contributed by atoms with Gasteiger partial charge in [0.25, 0.3) is 5.69 Å². The van der Waals surface area contributed by atoms with Crippen LogP contribution in [0.4, 0.5) is 5.69 Å². The molecule has 0 aromatic heterocycles. The maximum absolute atomic E-state index is 10.4. The summed E-state index contributed by atoms with van der Waals surface area (Å²) in [5.41, 5.74) is 0.132. The van der Waals surface area contributed by atoms with Crippen molar-refractivity contribution >= 4 is 37.5 Å². The molecule has 0 bridgehead atoms. The van der Waals surface area contributed by atoms with Gasteiger partial charge in [0.15, 0.2) is 0 Å². The highest BCUT2D eigenvalue weighted by atomic mass is 79.9. The number of benzene rings is 1. The molecule has 1 aromatic rings. The van der Waals surface area contributed by atoms with Gasteiger partial charge in [0.2, 0.25) is 0 Å². The van der Waals surface area contributed by atoms with E-state index in [0.29, 0.717) is 8.95 Å². The summed E-state index contributed by atoms with van der Waals surface area (Å²) < 4.78 is 1.03. The molecule has 6 heteroatoms. The van der Waals surface area contributed by atoms with E-state index in [4.69, 9.17) is 5.26 Å². The standard InChI is InChI=1S/C7H2Br2N2O2/c8-6-2-5(11(12)13)1-4(3-10)7(6)9/h1-2H. The molecule has 66 valence electrons. The first-order valence-corrected chi connectivity index (χ1v) is 4.68. The first-order valence-electron chi connectivity index (χ1n) is 3.10. The van der Waals surface area contributed by atoms with Crippen LogP contribution in [-0.4, -0.2) is 4.92 Å². The third-order valence-corrected chi connectivity index (χ3v) is 3.36. The number of hydrogen-bond acceptors (Lipinski definition) is 3. The van der Waals surface area contributed by atoms with Crippen molar-refractivity contribution in [2.24, 2.45) is 0 Å². The van der Waals surface area contributed by atoms with Crippen LogP contribution >= 0.6 is 31.9 Å². The van der Waals surface area contributed by atoms with Crippen molar-refractivity contribution in [3.63, 3.8) is 0 Å². The first kappa shape index (κ1) is 10.2. The lowest BCUT2D eigenvalue weighted by atomic mass is 10.2. The SMILES string of the molecule is N#Cc1cc([N+](=O)[O-])cc(Br)c1Br. The van der Waals surface area contributed by atoms with Crippen molar-refractivity contribution < 1.29 is 4.92 Å². The van der Waals surface area contributed by atoms with Crippen molar-refractivity contribution in [2.45, 2.75) is 0 Å². The predicted octanol–water partition coefficient (Wildman–Crippen LogP) is 2.99. The van der Waals surface area contributed by atoms with Gasteiger partial charge in [-0.25, -0.2) is 0 Å². The number of nitro groups is 1. The molecule has 0 aliphatic rings. The molecule has 0 N–H and O–H groups in total. The van der Waals surface area contributed by atoms with E-state index in [1.54, 1.807) is 0 Å². The molecule has 0 heterocycles. The molecule has 4 nitrogen and oxygen atoms in total. The second-order valence-electron chi connectivity index (χ2n) is 2.16. The highest BCUT2D eigenvalue weighted by Gasteiger charge is 2.12. The smallest absolute Gasteiger partial charge is 0.258 e. The molecule has 1 rings (SSSR count). The summed E-state index contributed by atoms with van der Waals surface area (Å²) in [7, 11) is 0. The van der Waals surface area contributed by atoms with Crippen LogP contribution in [0.25, 0.3) is 0 Å². The zero-order chi connectivity index (χ0) is 10.0. The molecule has 0 unspecified atom stereocenters. The number of nitriles is 1. The van der Waals surface area contributed by atoms with E-state index in [1.165, 1.54) is 12.1 Å². The van der Waals surface area contributed by atoms with Crippen molar-refractivity contribution in [2.75, 3.05) is 0 Å². The van der Waals surface area contributed by atoms with E-state index in [0.717, 1.165) is 0 Å². The molecule has 0 spiro atoms. The van der Waals surface area contributed by atoms with Gasteiger partial charge in [-0.15, -0.1) is 0 Å². The highest BCUT2D eigenvalue weighted by Crippen LogP contribution is 2.30. The largest absolute Gasteiger partial charge is 0.271 e. The summed E-state index contributed by atoms with van der Waals surface area (Å²) in [5, 5.41) is 19.0. The maximum Gasteiger partial charge on any atom is 0.271 e. The Morgan fingerprint density at radius 3 is 2.54 bits per heavy atom. The second-order valence-corrected chi connectivity index (χ2v) is 3.81. The fraction of sp³-hybridized carbons (Fsp3) is 0. The van der Waals surface area contributed by atoms with Gasteiger partial charge in [-0.05, 0) is 31.9 Å². The summed E-state index contributed by atoms with van der Waals surface area (Å²) >= 11 is 6.24. The minimum atomic E-state index is -0.544. The quantitative estimate of drug-likeness (QED) is 0.591. The van der Waals surface area contributed by atoms with Crippen molar-refractivity contribution in [3.8, 4) is 6.07 Å². The third kappa shape index (κ3) is 2.05. The second kappa shape index (κ2) is 3.85. The minimum Gasteiger partial charge on any atom is -0.258 e. The Morgan fingerprint density at radius 1 is 1.46 bits per heavy atom. The monoisotopic (exact) mass is 304 g/mol. The number of nitro benzene ring substituents is 1. The molecule has 0 atom stereocenters. The molecule has 0 aliphatic carbocycles. The topological polar surface area (TPSA) is 66.9 Å². The van der Waals surface area contributed by atoms with Gasteiger partial charge in [0.05, 0.1) is 10.5 Å². The van der Waals surface area contributed by atoms with Crippen LogP contribution in [0.15, 0.2) is 21.1 Å². The van der Waals surface area contributed by atoms with Crippen LogP contribution in [-0.2, 0) is 0 Å². The van der Waals surface area contributed by atoms with Gasteiger partial charge in [-0.1, -0.05) is 0 Å². The molecule has 0 saturated carbocycles. The number of non-ortho nitro benzene ring substituents is 1. The van der Waals surface area contributed by atoms with Gasteiger partial charge in [0.1, 0.15) is 6.07 Å². The van der Waals surface area contributed by atoms with Crippen molar-refractivity contribution in [1.29, 1.82) is 5.26 Å². The summed E-state index contributed by atoms with van der Waals surface area (Å²) in [5.74, 6) is 0. The summed E-state index contributed by atoms with van der Waals surface area (Å²) in [6.07, 6.45) is 0. The lowest BCUT2D eigenvalue weighted by Crippen LogP contribution is -1.90. The van der Waals surface area contributed by atoms with E-state index in [9.17, 15) is 10.1 Å². The van der Waals surface area contributed by atoms with Crippen LogP contribution in [0, 0.1) is 21.4 Å². The van der Waals surface area contributed by atoms with E-state index >= 15 is 0 Å². The van der Waals surface area contributed by atoms with Gasteiger partial charge < -0.3 is 0 Å². The normalized spacial score (nSPS) is 9.31. The number of rotatable bonds is 1. The summed E-state index contributed by atoms with van der Waals surface area (Å²) in [6, 6.07) is 4.41. The average Bonchev–Trinajstić information content (AvgIpc) is 2.09. The Bertz CT molecular complexity index is 412. The Labute approximate surface area is 90.6 Å². The molecular formula is C7H2Br2N2O2. The fourth-order valence-electron chi connectivity index (χ4n) is 0.762. The molecule has 1 aromatic carbocycles. The Kier molecular flexibility index (Phi) is 3.01. The highest BCUT2D eigenvalue weighted by molar-refractivity contribution is 9.13. The predicted molar refractivity (Wildman–Crippen MR) is 53.2 cm³/mol. The number of halogens is 2. The van der Waals surface area contributed by atoms with Gasteiger partial charge in [-0.2, -0.15) is 5.26 Å². The molecule has 0 fully saturated rings. The molecule has 13 heavy (non-hydrogen) atoms. The fourth-order valence-corrected chi connectivity index (χ4v) is 1.53. The van der Waals surface area contributed by atoms with Crippen LogP contribution in [0.2, 0.25) is 0 Å². The van der Waals surface area contributed by atoms with Crippen LogP contribution in [0.5, 0.6) is 0 Å². The van der Waals surface area contributed by atoms with E-state index in [1.807, 2.05) is 6.07 Å². The Balaban J connectivity index is 3.41.